The number of benzene rings is 2. The van der Waals surface area contributed by atoms with Crippen molar-refractivity contribution in [2.45, 2.75) is 6.10 Å². The van der Waals surface area contributed by atoms with Gasteiger partial charge in [-0.05, 0) is 35.9 Å². The Morgan fingerprint density at radius 2 is 2.05 bits per heavy atom. The van der Waals surface area contributed by atoms with Gasteiger partial charge in [0.25, 0.3) is 5.91 Å². The average molecular weight is 318 g/mol. The van der Waals surface area contributed by atoms with Crippen LogP contribution in [-0.2, 0) is 4.74 Å². The summed E-state index contributed by atoms with van der Waals surface area (Å²) in [6.07, 6.45) is -0.186. The van der Waals surface area contributed by atoms with E-state index in [2.05, 4.69) is 0 Å². The maximum atomic E-state index is 12.5. The maximum absolute atomic E-state index is 12.5. The van der Waals surface area contributed by atoms with Gasteiger partial charge in [0.2, 0.25) is 0 Å². The van der Waals surface area contributed by atoms with Crippen molar-refractivity contribution in [1.29, 1.82) is 0 Å². The topological polar surface area (TPSA) is 49.8 Å². The molecule has 1 fully saturated rings. The molecule has 1 aliphatic rings. The Labute approximate surface area is 133 Å². The summed E-state index contributed by atoms with van der Waals surface area (Å²) in [5, 5.41) is 10.2. The summed E-state index contributed by atoms with van der Waals surface area (Å²) in [7, 11) is 0. The van der Waals surface area contributed by atoms with E-state index in [9.17, 15) is 9.90 Å². The molecule has 2 aromatic rings. The smallest absolute Gasteiger partial charge is 0.254 e. The van der Waals surface area contributed by atoms with Crippen LogP contribution >= 0.6 is 11.6 Å². The zero-order valence-electron chi connectivity index (χ0n) is 11.9. The second-order valence-electron chi connectivity index (χ2n) is 5.22. The Balaban J connectivity index is 1.77. The lowest BCUT2D eigenvalue weighted by Gasteiger charge is -2.33. The van der Waals surface area contributed by atoms with Gasteiger partial charge in [0.05, 0.1) is 13.2 Å². The molecule has 1 atom stereocenters. The molecule has 0 spiro atoms. The Kier molecular flexibility index (Phi) is 4.32. The Morgan fingerprint density at radius 1 is 1.23 bits per heavy atom. The molecule has 114 valence electrons. The molecule has 0 radical (unpaired) electrons. The van der Waals surface area contributed by atoms with Crippen LogP contribution in [0, 0.1) is 0 Å². The molecule has 1 aliphatic heterocycles. The number of phenols is 1. The SMILES string of the molecule is O=C(c1cccc(O)c1)N1CCO[C@@H](c2cccc(Cl)c2)C1. The maximum Gasteiger partial charge on any atom is 0.254 e. The Bertz CT molecular complexity index is 689. The number of phenolic OH excluding ortho intramolecular Hbond substituents is 1. The number of aromatic hydroxyl groups is 1. The van der Waals surface area contributed by atoms with Gasteiger partial charge in [-0.1, -0.05) is 29.8 Å². The van der Waals surface area contributed by atoms with Crippen molar-refractivity contribution < 1.29 is 14.6 Å². The van der Waals surface area contributed by atoms with Crippen molar-refractivity contribution >= 4 is 17.5 Å². The number of carbonyl (C=O) groups is 1. The number of ether oxygens (including phenoxy) is 1. The van der Waals surface area contributed by atoms with E-state index < -0.39 is 0 Å². The van der Waals surface area contributed by atoms with Crippen LogP contribution in [0.15, 0.2) is 48.5 Å². The molecule has 5 heteroatoms. The minimum atomic E-state index is -0.186. The minimum absolute atomic E-state index is 0.0884. The molecule has 1 saturated heterocycles. The highest BCUT2D eigenvalue weighted by atomic mass is 35.5. The summed E-state index contributed by atoms with van der Waals surface area (Å²) in [6.45, 7) is 1.47. The molecule has 0 aliphatic carbocycles. The molecule has 0 saturated carbocycles. The number of carbonyl (C=O) groups excluding carboxylic acids is 1. The zero-order chi connectivity index (χ0) is 15.5. The highest BCUT2D eigenvalue weighted by molar-refractivity contribution is 6.30. The second kappa shape index (κ2) is 6.38. The van der Waals surface area contributed by atoms with E-state index in [0.29, 0.717) is 30.3 Å². The van der Waals surface area contributed by atoms with Gasteiger partial charge in [-0.25, -0.2) is 0 Å². The summed E-state index contributed by atoms with van der Waals surface area (Å²) in [6, 6.07) is 13.9. The average Bonchev–Trinajstić information content (AvgIpc) is 2.54. The highest BCUT2D eigenvalue weighted by Crippen LogP contribution is 2.25. The van der Waals surface area contributed by atoms with Crippen molar-refractivity contribution in [3.63, 3.8) is 0 Å². The van der Waals surface area contributed by atoms with Gasteiger partial charge in [0.15, 0.2) is 0 Å². The number of hydrogen-bond donors (Lipinski definition) is 1. The normalized spacial score (nSPS) is 18.2. The zero-order valence-corrected chi connectivity index (χ0v) is 12.7. The Hall–Kier alpha value is -2.04. The summed E-state index contributed by atoms with van der Waals surface area (Å²) in [5.74, 6) is -0.0169. The standard InChI is InChI=1S/C17H16ClNO3/c18-14-5-1-3-12(9-14)16-11-19(7-8-22-16)17(21)13-4-2-6-15(20)10-13/h1-6,9-10,16,20H,7-8,11H2/t16-/m1/s1. The molecule has 4 nitrogen and oxygen atoms in total. The van der Waals surface area contributed by atoms with E-state index >= 15 is 0 Å². The van der Waals surface area contributed by atoms with E-state index in [1.54, 1.807) is 23.1 Å². The highest BCUT2D eigenvalue weighted by Gasteiger charge is 2.26. The van der Waals surface area contributed by atoms with E-state index in [1.807, 2.05) is 24.3 Å². The molecule has 1 N–H and O–H groups in total. The third-order valence-corrected chi connectivity index (χ3v) is 3.90. The third kappa shape index (κ3) is 3.24. The van der Waals surface area contributed by atoms with Crippen molar-refractivity contribution in [3.8, 4) is 5.75 Å². The number of nitrogens with zero attached hydrogens (tertiary/aromatic N) is 1. The summed E-state index contributed by atoms with van der Waals surface area (Å²) in [5.41, 5.74) is 1.44. The van der Waals surface area contributed by atoms with Crippen LogP contribution < -0.4 is 0 Å². The summed E-state index contributed by atoms with van der Waals surface area (Å²) < 4.78 is 5.76. The molecule has 0 aromatic heterocycles. The molecular formula is C17H16ClNO3. The lowest BCUT2D eigenvalue weighted by atomic mass is 10.1. The number of hydrogen-bond acceptors (Lipinski definition) is 3. The van der Waals surface area contributed by atoms with Gasteiger partial charge < -0.3 is 14.7 Å². The molecule has 1 amide bonds. The van der Waals surface area contributed by atoms with Gasteiger partial charge in [-0.2, -0.15) is 0 Å². The first kappa shape index (κ1) is 14.9. The van der Waals surface area contributed by atoms with E-state index in [4.69, 9.17) is 16.3 Å². The largest absolute Gasteiger partial charge is 0.508 e. The number of halogens is 1. The first-order chi connectivity index (χ1) is 10.6. The molecule has 0 unspecified atom stereocenters. The quantitative estimate of drug-likeness (QED) is 0.925. The number of amides is 1. The van der Waals surface area contributed by atoms with Crippen LogP contribution in [0.2, 0.25) is 5.02 Å². The lowest BCUT2D eigenvalue weighted by molar-refractivity contribution is -0.0228. The molecule has 22 heavy (non-hydrogen) atoms. The van der Waals surface area contributed by atoms with Crippen LogP contribution in [0.4, 0.5) is 0 Å². The Morgan fingerprint density at radius 3 is 2.82 bits per heavy atom. The fourth-order valence-corrected chi connectivity index (χ4v) is 2.76. The third-order valence-electron chi connectivity index (χ3n) is 3.67. The predicted molar refractivity (Wildman–Crippen MR) is 84.2 cm³/mol. The van der Waals surface area contributed by atoms with Crippen molar-refractivity contribution in [3.05, 3.63) is 64.7 Å². The van der Waals surface area contributed by atoms with Crippen molar-refractivity contribution in [2.75, 3.05) is 19.7 Å². The first-order valence-electron chi connectivity index (χ1n) is 7.09. The fraction of sp³-hybridized carbons (Fsp3) is 0.235. The monoisotopic (exact) mass is 317 g/mol. The van der Waals surface area contributed by atoms with Gasteiger partial charge in [0, 0.05) is 17.1 Å². The van der Waals surface area contributed by atoms with E-state index in [-0.39, 0.29) is 17.8 Å². The van der Waals surface area contributed by atoms with Crippen molar-refractivity contribution in [2.24, 2.45) is 0 Å². The number of rotatable bonds is 2. The minimum Gasteiger partial charge on any atom is -0.508 e. The summed E-state index contributed by atoms with van der Waals surface area (Å²) in [4.78, 5) is 14.3. The van der Waals surface area contributed by atoms with Crippen molar-refractivity contribution in [1.82, 2.24) is 4.90 Å². The number of morpholine rings is 1. The van der Waals surface area contributed by atoms with Gasteiger partial charge in [-0.15, -0.1) is 0 Å². The van der Waals surface area contributed by atoms with Gasteiger partial charge in [-0.3, -0.25) is 4.79 Å². The van der Waals surface area contributed by atoms with Gasteiger partial charge in [0.1, 0.15) is 11.9 Å². The van der Waals surface area contributed by atoms with Gasteiger partial charge >= 0.3 is 0 Å². The molecule has 0 bridgehead atoms. The molecule has 2 aromatic carbocycles. The van der Waals surface area contributed by atoms with Crippen LogP contribution in [0.3, 0.4) is 0 Å². The lowest BCUT2D eigenvalue weighted by Crippen LogP contribution is -2.42. The van der Waals surface area contributed by atoms with Crippen LogP contribution in [0.1, 0.15) is 22.0 Å². The van der Waals surface area contributed by atoms with E-state index in [1.165, 1.54) is 6.07 Å². The second-order valence-corrected chi connectivity index (χ2v) is 5.65. The predicted octanol–water partition coefficient (Wildman–Crippen LogP) is 3.26. The molecule has 1 heterocycles. The molecular weight excluding hydrogens is 302 g/mol. The molecule has 3 rings (SSSR count). The summed E-state index contributed by atoms with van der Waals surface area (Å²) >= 11 is 6.01. The van der Waals surface area contributed by atoms with E-state index in [0.717, 1.165) is 5.56 Å². The van der Waals surface area contributed by atoms with Crippen LogP contribution in [0.25, 0.3) is 0 Å². The van der Waals surface area contributed by atoms with Crippen LogP contribution in [0.5, 0.6) is 5.75 Å². The first-order valence-corrected chi connectivity index (χ1v) is 7.46. The van der Waals surface area contributed by atoms with Crippen LogP contribution in [-0.4, -0.2) is 35.6 Å². The fourth-order valence-electron chi connectivity index (χ4n) is 2.56.